The molecule has 190 valence electrons. The van der Waals surface area contributed by atoms with Gasteiger partial charge in [0, 0.05) is 16.5 Å². The van der Waals surface area contributed by atoms with Crippen molar-refractivity contribution >= 4 is 54.1 Å². The van der Waals surface area contributed by atoms with Crippen LogP contribution in [0, 0.1) is 0 Å². The third-order valence-corrected chi connectivity index (χ3v) is 8.74. The predicted octanol–water partition coefficient (Wildman–Crippen LogP) is 11.0. The molecule has 0 saturated carbocycles. The van der Waals surface area contributed by atoms with Crippen molar-refractivity contribution in [2.24, 2.45) is 0 Å². The number of benzene rings is 8. The molecule has 0 bridgehead atoms. The van der Waals surface area contributed by atoms with Gasteiger partial charge in [0.1, 0.15) is 0 Å². The van der Waals surface area contributed by atoms with E-state index in [0.717, 1.165) is 0 Å². The van der Waals surface area contributed by atoms with Crippen molar-refractivity contribution in [3.8, 4) is 27.9 Å². The lowest BCUT2D eigenvalue weighted by atomic mass is 9.89. The second-order valence-electron chi connectivity index (χ2n) is 11.0. The molecule has 0 amide bonds. The lowest BCUT2D eigenvalue weighted by Gasteiger charge is -2.15. The maximum atomic E-state index is 2.37. The van der Waals surface area contributed by atoms with Crippen LogP contribution >= 0.6 is 0 Å². The Hall–Kier alpha value is -5.40. The molecule has 1 heterocycles. The van der Waals surface area contributed by atoms with Crippen LogP contribution in [-0.4, -0.2) is 4.57 Å². The first-order chi connectivity index (χ1) is 20.3. The first kappa shape index (κ1) is 22.4. The summed E-state index contributed by atoms with van der Waals surface area (Å²) < 4.78 is 2.37. The number of hydrogen-bond donors (Lipinski definition) is 0. The Balaban J connectivity index is 1.16. The summed E-state index contributed by atoms with van der Waals surface area (Å²) in [6, 6.07) is 55.5. The average molecular weight is 520 g/mol. The molecule has 0 N–H and O–H groups in total. The van der Waals surface area contributed by atoms with Gasteiger partial charge in [0.2, 0.25) is 0 Å². The van der Waals surface area contributed by atoms with Crippen molar-refractivity contribution < 1.29 is 0 Å². The smallest absolute Gasteiger partial charge is 0.0541 e. The molecule has 0 saturated heterocycles. The highest BCUT2D eigenvalue weighted by molar-refractivity contribution is 6.25. The fourth-order valence-corrected chi connectivity index (χ4v) is 6.86. The van der Waals surface area contributed by atoms with Crippen LogP contribution in [0.15, 0.2) is 152 Å². The van der Waals surface area contributed by atoms with Gasteiger partial charge in [0.05, 0.1) is 11.0 Å². The van der Waals surface area contributed by atoms with E-state index in [1.54, 1.807) is 0 Å². The van der Waals surface area contributed by atoms with E-state index in [9.17, 15) is 0 Å². The van der Waals surface area contributed by atoms with Crippen molar-refractivity contribution in [2.75, 3.05) is 0 Å². The minimum Gasteiger partial charge on any atom is -0.309 e. The number of nitrogens with zero attached hydrogens (tertiary/aromatic N) is 1. The SMILES string of the molecule is c1cc(-c2ccc(-n3c4ccccc4c4ccccc43)cc2)cc(-c2ccc3ccc4cccc5ccc2c3c45)c1. The van der Waals surface area contributed by atoms with Gasteiger partial charge < -0.3 is 4.57 Å². The Labute approximate surface area is 237 Å². The van der Waals surface area contributed by atoms with E-state index in [-0.39, 0.29) is 0 Å². The highest BCUT2D eigenvalue weighted by Crippen LogP contribution is 2.40. The van der Waals surface area contributed by atoms with Gasteiger partial charge in [0.15, 0.2) is 0 Å². The summed E-state index contributed by atoms with van der Waals surface area (Å²) >= 11 is 0. The first-order valence-corrected chi connectivity index (χ1v) is 14.2. The largest absolute Gasteiger partial charge is 0.309 e. The molecule has 41 heavy (non-hydrogen) atoms. The molecule has 1 heteroatoms. The molecule has 0 aliphatic rings. The van der Waals surface area contributed by atoms with Crippen molar-refractivity contribution in [2.45, 2.75) is 0 Å². The number of rotatable bonds is 3. The molecule has 0 aliphatic heterocycles. The zero-order chi connectivity index (χ0) is 26.9. The Morgan fingerprint density at radius 2 is 0.927 bits per heavy atom. The number of hydrogen-bond acceptors (Lipinski definition) is 0. The van der Waals surface area contributed by atoms with Gasteiger partial charge >= 0.3 is 0 Å². The van der Waals surface area contributed by atoms with Crippen LogP contribution in [0.25, 0.3) is 82.1 Å². The summed E-state index contributed by atoms with van der Waals surface area (Å²) in [6.07, 6.45) is 0. The van der Waals surface area contributed by atoms with Crippen LogP contribution in [0.1, 0.15) is 0 Å². The van der Waals surface area contributed by atoms with Crippen LogP contribution in [0.3, 0.4) is 0 Å². The molecule has 9 aromatic rings. The molecule has 1 nitrogen and oxygen atoms in total. The first-order valence-electron chi connectivity index (χ1n) is 14.2. The van der Waals surface area contributed by atoms with E-state index in [0.29, 0.717) is 0 Å². The lowest BCUT2D eigenvalue weighted by molar-refractivity contribution is 1.18. The van der Waals surface area contributed by atoms with Crippen LogP contribution in [0.5, 0.6) is 0 Å². The van der Waals surface area contributed by atoms with Crippen LogP contribution in [0.2, 0.25) is 0 Å². The maximum Gasteiger partial charge on any atom is 0.0541 e. The molecule has 0 radical (unpaired) electrons. The molecular formula is C40H25N. The Morgan fingerprint density at radius 3 is 1.66 bits per heavy atom. The normalized spacial score (nSPS) is 11.9. The number of para-hydroxylation sites is 2. The molecular weight excluding hydrogens is 494 g/mol. The molecule has 0 atom stereocenters. The van der Waals surface area contributed by atoms with Gasteiger partial charge in [-0.25, -0.2) is 0 Å². The van der Waals surface area contributed by atoms with Crippen LogP contribution in [-0.2, 0) is 0 Å². The topological polar surface area (TPSA) is 4.93 Å². The molecule has 9 rings (SSSR count). The van der Waals surface area contributed by atoms with E-state index in [2.05, 4.69) is 156 Å². The molecule has 0 aliphatic carbocycles. The molecule has 0 unspecified atom stereocenters. The summed E-state index contributed by atoms with van der Waals surface area (Å²) in [6.45, 7) is 0. The zero-order valence-corrected chi connectivity index (χ0v) is 22.4. The van der Waals surface area contributed by atoms with Gasteiger partial charge in [-0.05, 0) is 84.9 Å². The fraction of sp³-hybridized carbons (Fsp3) is 0. The average Bonchev–Trinajstić information content (AvgIpc) is 3.38. The predicted molar refractivity (Wildman–Crippen MR) is 175 cm³/mol. The van der Waals surface area contributed by atoms with E-state index >= 15 is 0 Å². The summed E-state index contributed by atoms with van der Waals surface area (Å²) in [5.41, 5.74) is 8.60. The third kappa shape index (κ3) is 3.30. The van der Waals surface area contributed by atoms with Crippen molar-refractivity contribution in [1.29, 1.82) is 0 Å². The monoisotopic (exact) mass is 519 g/mol. The van der Waals surface area contributed by atoms with Gasteiger partial charge in [-0.15, -0.1) is 0 Å². The Kier molecular flexibility index (Phi) is 4.67. The minimum atomic E-state index is 1.18. The molecule has 0 fully saturated rings. The van der Waals surface area contributed by atoms with Gasteiger partial charge in [0.25, 0.3) is 0 Å². The highest BCUT2D eigenvalue weighted by Gasteiger charge is 2.14. The Bertz CT molecular complexity index is 2340. The summed E-state index contributed by atoms with van der Waals surface area (Å²) in [7, 11) is 0. The zero-order valence-electron chi connectivity index (χ0n) is 22.4. The van der Waals surface area contributed by atoms with Crippen molar-refractivity contribution in [3.05, 3.63) is 152 Å². The van der Waals surface area contributed by atoms with Crippen LogP contribution < -0.4 is 0 Å². The van der Waals surface area contributed by atoms with Gasteiger partial charge in [-0.3, -0.25) is 0 Å². The maximum absolute atomic E-state index is 2.37. The fourth-order valence-electron chi connectivity index (χ4n) is 6.86. The second kappa shape index (κ2) is 8.55. The van der Waals surface area contributed by atoms with Gasteiger partial charge in [-0.1, -0.05) is 121 Å². The standard InChI is InChI=1S/C40H25N/c1-3-13-37-34(11-1)35-12-2-4-14-38(35)41(37)32-21-17-26(18-22-32)30-9-6-10-31(25-30)33-23-19-29-16-15-27-7-5-8-28-20-24-36(33)40(29)39(27)28/h1-25H. The summed E-state index contributed by atoms with van der Waals surface area (Å²) in [5, 5.41) is 10.5. The summed E-state index contributed by atoms with van der Waals surface area (Å²) in [4.78, 5) is 0. The van der Waals surface area contributed by atoms with Crippen molar-refractivity contribution in [3.63, 3.8) is 0 Å². The van der Waals surface area contributed by atoms with Gasteiger partial charge in [-0.2, -0.15) is 0 Å². The second-order valence-corrected chi connectivity index (χ2v) is 11.0. The lowest BCUT2D eigenvalue weighted by Crippen LogP contribution is -1.93. The number of aromatic nitrogens is 1. The van der Waals surface area contributed by atoms with E-state index in [1.165, 1.54) is 82.1 Å². The van der Waals surface area contributed by atoms with E-state index in [4.69, 9.17) is 0 Å². The van der Waals surface area contributed by atoms with E-state index in [1.807, 2.05) is 0 Å². The molecule has 1 aromatic heterocycles. The number of fused-ring (bicyclic) bond motifs is 3. The third-order valence-electron chi connectivity index (χ3n) is 8.74. The Morgan fingerprint density at radius 1 is 0.341 bits per heavy atom. The van der Waals surface area contributed by atoms with Crippen molar-refractivity contribution in [1.82, 2.24) is 4.57 Å². The van der Waals surface area contributed by atoms with Crippen LogP contribution in [0.4, 0.5) is 0 Å². The molecule has 8 aromatic carbocycles. The quantitative estimate of drug-likeness (QED) is 0.205. The van der Waals surface area contributed by atoms with E-state index < -0.39 is 0 Å². The minimum absolute atomic E-state index is 1.18. The summed E-state index contributed by atoms with van der Waals surface area (Å²) in [5.74, 6) is 0. The molecule has 0 spiro atoms. The highest BCUT2D eigenvalue weighted by atomic mass is 15.0.